The van der Waals surface area contributed by atoms with E-state index in [1.165, 1.54) is 9.58 Å². The van der Waals surface area contributed by atoms with E-state index in [2.05, 4.69) is 15.3 Å². The molecule has 0 saturated heterocycles. The second-order valence-corrected chi connectivity index (χ2v) is 6.30. The van der Waals surface area contributed by atoms with Crippen molar-refractivity contribution in [1.82, 2.24) is 14.7 Å². The van der Waals surface area contributed by atoms with Crippen molar-refractivity contribution in [2.45, 2.75) is 39.7 Å². The van der Waals surface area contributed by atoms with Crippen LogP contribution in [0.1, 0.15) is 53.1 Å². The number of hydrogen-bond acceptors (Lipinski definition) is 5. The Kier molecular flexibility index (Phi) is 4.58. The molecule has 8 nitrogen and oxygen atoms in total. The van der Waals surface area contributed by atoms with Gasteiger partial charge in [0.1, 0.15) is 0 Å². The van der Waals surface area contributed by atoms with Gasteiger partial charge in [-0.3, -0.25) is 29.1 Å². The number of nitrogens with zero attached hydrogens (tertiary/aromatic N) is 4. The first kappa shape index (κ1) is 17.8. The van der Waals surface area contributed by atoms with Gasteiger partial charge in [-0.25, -0.2) is 0 Å². The lowest BCUT2D eigenvalue weighted by atomic mass is 10.1. The molecule has 26 heavy (non-hydrogen) atoms. The van der Waals surface area contributed by atoms with Gasteiger partial charge in [0, 0.05) is 13.1 Å². The van der Waals surface area contributed by atoms with Crippen molar-refractivity contribution in [1.29, 1.82) is 0 Å². The highest BCUT2D eigenvalue weighted by Crippen LogP contribution is 2.34. The fourth-order valence-corrected chi connectivity index (χ4v) is 3.25. The third kappa shape index (κ3) is 2.67. The molecule has 1 aromatic carbocycles. The van der Waals surface area contributed by atoms with Crippen LogP contribution in [0.2, 0.25) is 0 Å². The summed E-state index contributed by atoms with van der Waals surface area (Å²) >= 11 is 0. The summed E-state index contributed by atoms with van der Waals surface area (Å²) in [7, 11) is 1.59. The molecule has 1 aliphatic rings. The summed E-state index contributed by atoms with van der Waals surface area (Å²) in [6.45, 7) is 5.61. The molecular formula is C18H21N5O3. The van der Waals surface area contributed by atoms with Crippen molar-refractivity contribution in [3.05, 3.63) is 45.4 Å². The van der Waals surface area contributed by atoms with E-state index in [1.807, 2.05) is 13.8 Å². The molecule has 8 heteroatoms. The monoisotopic (exact) mass is 355 g/mol. The van der Waals surface area contributed by atoms with Crippen LogP contribution in [0.15, 0.2) is 33.2 Å². The van der Waals surface area contributed by atoms with E-state index in [9.17, 15) is 14.4 Å². The number of azo groups is 1. The van der Waals surface area contributed by atoms with Gasteiger partial charge >= 0.3 is 0 Å². The zero-order valence-corrected chi connectivity index (χ0v) is 15.2. The Morgan fingerprint density at radius 3 is 2.35 bits per heavy atom. The first-order valence-electron chi connectivity index (χ1n) is 8.58. The minimum atomic E-state index is -0.355. The number of rotatable bonds is 5. The van der Waals surface area contributed by atoms with Gasteiger partial charge in [-0.1, -0.05) is 19.9 Å². The topological polar surface area (TPSA) is 99.9 Å². The largest absolute Gasteiger partial charge is 0.298 e. The molecule has 2 aromatic rings. The van der Waals surface area contributed by atoms with Crippen molar-refractivity contribution in [2.75, 3.05) is 0 Å². The SMILES string of the molecule is CCC(CC)N1C(=O)c2cccc(N=Nc3c(C)[nH]n(C)c3=O)c2C1=O. The van der Waals surface area contributed by atoms with Gasteiger partial charge < -0.3 is 0 Å². The normalized spacial score (nSPS) is 14.1. The molecule has 0 fully saturated rings. The summed E-state index contributed by atoms with van der Waals surface area (Å²) in [4.78, 5) is 38.9. The number of benzene rings is 1. The summed E-state index contributed by atoms with van der Waals surface area (Å²) in [5, 5.41) is 11.0. The number of carbonyl (C=O) groups is 2. The van der Waals surface area contributed by atoms with Crippen LogP contribution in [-0.2, 0) is 7.05 Å². The van der Waals surface area contributed by atoms with E-state index in [1.54, 1.807) is 32.2 Å². The summed E-state index contributed by atoms with van der Waals surface area (Å²) in [5.41, 5.74) is 1.32. The Bertz CT molecular complexity index is 966. The molecule has 0 saturated carbocycles. The Morgan fingerprint density at radius 2 is 1.77 bits per heavy atom. The zero-order chi connectivity index (χ0) is 19.0. The van der Waals surface area contributed by atoms with E-state index >= 15 is 0 Å². The molecule has 0 spiro atoms. The van der Waals surface area contributed by atoms with Crippen LogP contribution in [0, 0.1) is 6.92 Å². The number of amides is 2. The number of aromatic amines is 1. The Hall–Kier alpha value is -3.03. The average molecular weight is 355 g/mol. The minimum absolute atomic E-state index is 0.147. The lowest BCUT2D eigenvalue weighted by Crippen LogP contribution is -2.39. The molecule has 2 amide bonds. The van der Waals surface area contributed by atoms with Gasteiger partial charge in [0.05, 0.1) is 22.5 Å². The fraction of sp³-hybridized carbons (Fsp3) is 0.389. The van der Waals surface area contributed by atoms with E-state index in [0.717, 1.165) is 0 Å². The van der Waals surface area contributed by atoms with Gasteiger partial charge in [0.25, 0.3) is 17.4 Å². The summed E-state index contributed by atoms with van der Waals surface area (Å²) in [6.07, 6.45) is 1.38. The average Bonchev–Trinajstić information content (AvgIpc) is 3.02. The third-order valence-corrected chi connectivity index (χ3v) is 4.69. The molecule has 2 heterocycles. The van der Waals surface area contributed by atoms with E-state index in [0.29, 0.717) is 24.1 Å². The number of hydrogen-bond donors (Lipinski definition) is 1. The highest BCUT2D eigenvalue weighted by atomic mass is 16.2. The van der Waals surface area contributed by atoms with Gasteiger partial charge in [0.15, 0.2) is 5.69 Å². The maximum Gasteiger partial charge on any atom is 0.294 e. The molecule has 1 aromatic heterocycles. The predicted molar refractivity (Wildman–Crippen MR) is 96.3 cm³/mol. The molecule has 0 radical (unpaired) electrons. The number of aromatic nitrogens is 2. The van der Waals surface area contributed by atoms with Crippen molar-refractivity contribution < 1.29 is 9.59 Å². The molecule has 0 unspecified atom stereocenters. The Labute approximate surface area is 150 Å². The lowest BCUT2D eigenvalue weighted by Gasteiger charge is -2.23. The molecule has 0 aliphatic carbocycles. The number of H-pyrrole nitrogens is 1. The smallest absolute Gasteiger partial charge is 0.294 e. The number of fused-ring (bicyclic) bond motifs is 1. The van der Waals surface area contributed by atoms with Crippen LogP contribution in [0.25, 0.3) is 0 Å². The van der Waals surface area contributed by atoms with Crippen molar-refractivity contribution in [2.24, 2.45) is 17.3 Å². The number of nitrogens with one attached hydrogen (secondary N) is 1. The van der Waals surface area contributed by atoms with E-state index < -0.39 is 0 Å². The molecule has 3 rings (SSSR count). The quantitative estimate of drug-likeness (QED) is 0.658. The summed E-state index contributed by atoms with van der Waals surface area (Å²) in [5.74, 6) is -0.656. The van der Waals surface area contributed by atoms with Crippen LogP contribution in [0.4, 0.5) is 11.4 Å². The van der Waals surface area contributed by atoms with Crippen LogP contribution < -0.4 is 5.56 Å². The van der Waals surface area contributed by atoms with Crippen LogP contribution in [0.3, 0.4) is 0 Å². The summed E-state index contributed by atoms with van der Waals surface area (Å²) in [6, 6.07) is 4.76. The molecular weight excluding hydrogens is 334 g/mol. The maximum atomic E-state index is 12.9. The fourth-order valence-electron chi connectivity index (χ4n) is 3.25. The Balaban J connectivity index is 2.04. The molecule has 0 atom stereocenters. The van der Waals surface area contributed by atoms with Crippen molar-refractivity contribution in [3.8, 4) is 0 Å². The van der Waals surface area contributed by atoms with Crippen LogP contribution in [-0.4, -0.2) is 32.5 Å². The second-order valence-electron chi connectivity index (χ2n) is 6.30. The standard InChI is InChI=1S/C18H21N5O3/c1-5-11(6-2)23-16(24)12-8-7-9-13(14(12)17(23)25)19-20-15-10(3)21-22(4)18(15)26/h7-9,11,21H,5-6H2,1-4H3. The lowest BCUT2D eigenvalue weighted by molar-refractivity contribution is 0.0576. The molecule has 1 N–H and O–H groups in total. The highest BCUT2D eigenvalue weighted by molar-refractivity contribution is 6.23. The number of aryl methyl sites for hydroxylation is 2. The Morgan fingerprint density at radius 1 is 1.08 bits per heavy atom. The third-order valence-electron chi connectivity index (χ3n) is 4.69. The number of imide groups is 1. The highest BCUT2D eigenvalue weighted by Gasteiger charge is 2.40. The van der Waals surface area contributed by atoms with Gasteiger partial charge in [0.2, 0.25) is 0 Å². The summed E-state index contributed by atoms with van der Waals surface area (Å²) < 4.78 is 1.31. The molecule has 0 bridgehead atoms. The number of carbonyl (C=O) groups excluding carboxylic acids is 2. The van der Waals surface area contributed by atoms with Gasteiger partial charge in [-0.2, -0.15) is 0 Å². The second kappa shape index (κ2) is 6.70. The zero-order valence-electron chi connectivity index (χ0n) is 15.2. The van der Waals surface area contributed by atoms with Gasteiger partial charge in [-0.05, 0) is 31.9 Å². The van der Waals surface area contributed by atoms with Crippen molar-refractivity contribution in [3.63, 3.8) is 0 Å². The first-order chi connectivity index (χ1) is 12.4. The van der Waals surface area contributed by atoms with Crippen LogP contribution >= 0.6 is 0 Å². The van der Waals surface area contributed by atoms with Crippen molar-refractivity contribution >= 4 is 23.2 Å². The predicted octanol–water partition coefficient (Wildman–Crippen LogP) is 3.22. The van der Waals surface area contributed by atoms with E-state index in [4.69, 9.17) is 0 Å². The van der Waals surface area contributed by atoms with Crippen LogP contribution in [0.5, 0.6) is 0 Å². The maximum absolute atomic E-state index is 12.9. The molecule has 1 aliphatic heterocycles. The first-order valence-corrected chi connectivity index (χ1v) is 8.58. The minimum Gasteiger partial charge on any atom is -0.298 e. The van der Waals surface area contributed by atoms with E-state index in [-0.39, 0.29) is 40.4 Å². The van der Waals surface area contributed by atoms with Gasteiger partial charge in [-0.15, -0.1) is 10.2 Å². The molecule has 136 valence electrons.